The quantitative estimate of drug-likeness (QED) is 0.229. The first-order chi connectivity index (χ1) is 21.6. The molecule has 1 aliphatic rings. The monoisotopic (exact) mass is 585 g/mol. The first-order valence-electron chi connectivity index (χ1n) is 14.6. The zero-order valence-corrected chi connectivity index (χ0v) is 24.1. The van der Waals surface area contributed by atoms with Gasteiger partial charge < -0.3 is 24.5 Å². The van der Waals surface area contributed by atoms with Gasteiger partial charge in [0.15, 0.2) is 6.29 Å². The zero-order valence-electron chi connectivity index (χ0n) is 24.1. The van der Waals surface area contributed by atoms with E-state index in [9.17, 15) is 9.90 Å². The van der Waals surface area contributed by atoms with Crippen molar-refractivity contribution in [3.05, 3.63) is 132 Å². The van der Waals surface area contributed by atoms with Crippen molar-refractivity contribution in [3.8, 4) is 0 Å². The van der Waals surface area contributed by atoms with E-state index in [1.807, 2.05) is 97.3 Å². The SMILES string of the molecule is C[C@@H]1[C@H](Cn2cnc3ccccc32)O[C@H](c2ccc(NC(=O)c3cnc4ccccc4n3)cc2)O[C@@H]1c1ccc(CO)cc1. The van der Waals surface area contributed by atoms with Crippen LogP contribution in [0.5, 0.6) is 0 Å². The van der Waals surface area contributed by atoms with Gasteiger partial charge in [-0.2, -0.15) is 0 Å². The van der Waals surface area contributed by atoms with Crippen molar-refractivity contribution in [2.75, 3.05) is 5.32 Å². The average molecular weight is 586 g/mol. The predicted octanol–water partition coefficient (Wildman–Crippen LogP) is 6.22. The number of hydrogen-bond acceptors (Lipinski definition) is 7. The van der Waals surface area contributed by atoms with Gasteiger partial charge in [0.2, 0.25) is 0 Å². The smallest absolute Gasteiger partial charge is 0.275 e. The number of aliphatic hydroxyl groups is 1. The van der Waals surface area contributed by atoms with Crippen molar-refractivity contribution in [2.24, 2.45) is 5.92 Å². The number of hydrogen-bond donors (Lipinski definition) is 2. The highest BCUT2D eigenvalue weighted by atomic mass is 16.7. The van der Waals surface area contributed by atoms with Crippen molar-refractivity contribution in [1.29, 1.82) is 0 Å². The maximum Gasteiger partial charge on any atom is 0.275 e. The number of amides is 1. The molecule has 44 heavy (non-hydrogen) atoms. The number of aliphatic hydroxyl groups excluding tert-OH is 1. The van der Waals surface area contributed by atoms with Gasteiger partial charge in [0.25, 0.3) is 5.91 Å². The van der Waals surface area contributed by atoms with Gasteiger partial charge in [-0.05, 0) is 47.5 Å². The third kappa shape index (κ3) is 5.56. The molecule has 1 aliphatic heterocycles. The van der Waals surface area contributed by atoms with Crippen molar-refractivity contribution in [3.63, 3.8) is 0 Å². The Hall–Kier alpha value is -4.96. The highest BCUT2D eigenvalue weighted by molar-refractivity contribution is 6.03. The summed E-state index contributed by atoms with van der Waals surface area (Å²) in [4.78, 5) is 26.3. The van der Waals surface area contributed by atoms with Crippen LogP contribution in [0, 0.1) is 5.92 Å². The number of para-hydroxylation sites is 4. The molecule has 220 valence electrons. The van der Waals surface area contributed by atoms with E-state index >= 15 is 0 Å². The minimum Gasteiger partial charge on any atom is -0.392 e. The molecule has 0 aliphatic carbocycles. The average Bonchev–Trinajstić information content (AvgIpc) is 3.48. The van der Waals surface area contributed by atoms with Crippen LogP contribution in [-0.4, -0.2) is 36.6 Å². The molecule has 2 aromatic heterocycles. The van der Waals surface area contributed by atoms with Crippen molar-refractivity contribution >= 4 is 33.7 Å². The predicted molar refractivity (Wildman–Crippen MR) is 167 cm³/mol. The molecule has 1 amide bonds. The number of imidazole rings is 1. The molecule has 0 spiro atoms. The van der Waals surface area contributed by atoms with Crippen LogP contribution >= 0.6 is 0 Å². The summed E-state index contributed by atoms with van der Waals surface area (Å²) >= 11 is 0. The lowest BCUT2D eigenvalue weighted by Gasteiger charge is -2.41. The molecule has 7 rings (SSSR count). The van der Waals surface area contributed by atoms with Gasteiger partial charge in [-0.15, -0.1) is 0 Å². The molecule has 3 heterocycles. The van der Waals surface area contributed by atoms with Gasteiger partial charge in [-0.25, -0.2) is 9.97 Å². The molecule has 0 unspecified atom stereocenters. The van der Waals surface area contributed by atoms with Crippen LogP contribution in [0.25, 0.3) is 22.1 Å². The Morgan fingerprint density at radius 3 is 2.32 bits per heavy atom. The number of benzene rings is 4. The normalized spacial score (nSPS) is 20.1. The Morgan fingerprint density at radius 1 is 0.841 bits per heavy atom. The molecule has 4 atom stereocenters. The highest BCUT2D eigenvalue weighted by Gasteiger charge is 2.38. The number of anilines is 1. The van der Waals surface area contributed by atoms with Gasteiger partial charge in [0, 0.05) is 17.2 Å². The summed E-state index contributed by atoms with van der Waals surface area (Å²) in [5.74, 6) is -0.317. The molecular formula is C35H31N5O4. The number of fused-ring (bicyclic) bond motifs is 2. The number of ether oxygens (including phenoxy) is 2. The molecule has 6 aromatic rings. The molecule has 2 N–H and O–H groups in total. The lowest BCUT2D eigenvalue weighted by atomic mass is 9.90. The molecule has 1 saturated heterocycles. The minimum absolute atomic E-state index is 0.0141. The number of carbonyl (C=O) groups excluding carboxylic acids is 1. The fourth-order valence-corrected chi connectivity index (χ4v) is 5.66. The van der Waals surface area contributed by atoms with Crippen LogP contribution in [0.4, 0.5) is 5.69 Å². The van der Waals surface area contributed by atoms with Gasteiger partial charge in [-0.1, -0.05) is 67.6 Å². The summed E-state index contributed by atoms with van der Waals surface area (Å²) in [6.07, 6.45) is 2.28. The van der Waals surface area contributed by atoms with E-state index in [0.29, 0.717) is 17.7 Å². The number of aromatic nitrogens is 4. The number of rotatable bonds is 7. The largest absolute Gasteiger partial charge is 0.392 e. The topological polar surface area (TPSA) is 111 Å². The molecule has 0 saturated carbocycles. The van der Waals surface area contributed by atoms with Crippen LogP contribution in [0.15, 0.2) is 110 Å². The zero-order chi connectivity index (χ0) is 30.0. The highest BCUT2D eigenvalue weighted by Crippen LogP contribution is 2.42. The van der Waals surface area contributed by atoms with Crippen LogP contribution in [-0.2, 0) is 22.6 Å². The third-order valence-electron chi connectivity index (χ3n) is 8.15. The number of carbonyl (C=O) groups is 1. The Labute approximate surface area is 254 Å². The summed E-state index contributed by atoms with van der Waals surface area (Å²) in [5, 5.41) is 12.5. The molecular weight excluding hydrogens is 554 g/mol. The van der Waals surface area contributed by atoms with Crippen LogP contribution < -0.4 is 5.32 Å². The minimum atomic E-state index is -0.635. The van der Waals surface area contributed by atoms with Gasteiger partial charge in [0.05, 0.1) is 60.0 Å². The third-order valence-corrected chi connectivity index (χ3v) is 8.15. The first-order valence-corrected chi connectivity index (χ1v) is 14.6. The Morgan fingerprint density at radius 2 is 1.55 bits per heavy atom. The second kappa shape index (κ2) is 12.0. The summed E-state index contributed by atoms with van der Waals surface area (Å²) in [6, 6.07) is 30.8. The molecule has 9 heteroatoms. The fraction of sp³-hybridized carbons (Fsp3) is 0.200. The Balaban J connectivity index is 1.13. The lowest BCUT2D eigenvalue weighted by molar-refractivity contribution is -0.276. The van der Waals surface area contributed by atoms with Crippen LogP contribution in [0.3, 0.4) is 0 Å². The second-order valence-electron chi connectivity index (χ2n) is 11.0. The van der Waals surface area contributed by atoms with E-state index < -0.39 is 6.29 Å². The van der Waals surface area contributed by atoms with Gasteiger partial charge in [-0.3, -0.25) is 9.78 Å². The van der Waals surface area contributed by atoms with E-state index in [2.05, 4.69) is 37.8 Å². The number of nitrogens with zero attached hydrogens (tertiary/aromatic N) is 4. The Bertz CT molecular complexity index is 1920. The van der Waals surface area contributed by atoms with Crippen molar-refractivity contribution in [2.45, 2.75) is 38.6 Å². The van der Waals surface area contributed by atoms with E-state index in [-0.39, 0.29) is 36.3 Å². The fourth-order valence-electron chi connectivity index (χ4n) is 5.66. The van der Waals surface area contributed by atoms with Crippen LogP contribution in [0.1, 0.15) is 46.5 Å². The first kappa shape index (κ1) is 27.8. The van der Waals surface area contributed by atoms with E-state index in [0.717, 1.165) is 33.2 Å². The molecule has 0 bridgehead atoms. The standard InChI is InChI=1S/C35H31N5O4/c1-22-32(19-40-21-37-29-8-4-5-9-31(29)40)43-35(44-33(22)24-12-10-23(20-41)11-13-24)25-14-16-26(17-15-25)38-34(42)30-18-36-27-6-2-3-7-28(27)39-30/h2-18,21-22,32-33,35,41H,19-20H2,1H3,(H,38,42)/t22-,32+,33+,35+/m1/s1. The summed E-state index contributed by atoms with van der Waals surface area (Å²) in [7, 11) is 0. The van der Waals surface area contributed by atoms with E-state index in [1.54, 1.807) is 0 Å². The maximum atomic E-state index is 12.9. The Kier molecular flexibility index (Phi) is 7.57. The van der Waals surface area contributed by atoms with Crippen molar-refractivity contribution in [1.82, 2.24) is 19.5 Å². The number of nitrogens with one attached hydrogen (secondary N) is 1. The summed E-state index contributed by atoms with van der Waals surface area (Å²) in [5.41, 5.74) is 6.94. The molecule has 0 radical (unpaired) electrons. The molecule has 4 aromatic carbocycles. The van der Waals surface area contributed by atoms with Gasteiger partial charge >= 0.3 is 0 Å². The molecule has 1 fully saturated rings. The van der Waals surface area contributed by atoms with Crippen molar-refractivity contribution < 1.29 is 19.4 Å². The van der Waals surface area contributed by atoms with E-state index in [1.165, 1.54) is 6.20 Å². The maximum absolute atomic E-state index is 12.9. The molecule has 9 nitrogen and oxygen atoms in total. The summed E-state index contributed by atoms with van der Waals surface area (Å²) < 4.78 is 15.3. The lowest BCUT2D eigenvalue weighted by Crippen LogP contribution is -2.39. The van der Waals surface area contributed by atoms with E-state index in [4.69, 9.17) is 9.47 Å². The summed E-state index contributed by atoms with van der Waals surface area (Å²) in [6.45, 7) is 2.73. The van der Waals surface area contributed by atoms with Gasteiger partial charge in [0.1, 0.15) is 5.69 Å². The van der Waals surface area contributed by atoms with Crippen LogP contribution in [0.2, 0.25) is 0 Å². The second-order valence-corrected chi connectivity index (χ2v) is 11.0.